The van der Waals surface area contributed by atoms with E-state index in [1.165, 1.54) is 10.6 Å². The molecule has 0 bridgehead atoms. The lowest BCUT2D eigenvalue weighted by atomic mass is 9.83. The molecule has 5 rings (SSSR count). The molecular formula is C28H30ClN5O3. The fourth-order valence-electron chi connectivity index (χ4n) is 4.92. The van der Waals surface area contributed by atoms with E-state index in [9.17, 15) is 9.59 Å². The van der Waals surface area contributed by atoms with Gasteiger partial charge in [0.25, 0.3) is 11.5 Å². The SMILES string of the molecule is CN(CCc1cccc(Cl)c1)C(=O)C1(OCc2cc(=O)n3nc(-c4ccccc4)nc3[nH]2)CCCCC1. The third-order valence-corrected chi connectivity index (χ3v) is 7.18. The summed E-state index contributed by atoms with van der Waals surface area (Å²) in [5, 5.41) is 5.03. The van der Waals surface area contributed by atoms with Gasteiger partial charge < -0.3 is 14.6 Å². The number of amides is 1. The predicted molar refractivity (Wildman–Crippen MR) is 142 cm³/mol. The highest BCUT2D eigenvalue weighted by atomic mass is 35.5. The van der Waals surface area contributed by atoms with Crippen molar-refractivity contribution < 1.29 is 9.53 Å². The minimum Gasteiger partial charge on any atom is -0.359 e. The summed E-state index contributed by atoms with van der Waals surface area (Å²) < 4.78 is 7.61. The van der Waals surface area contributed by atoms with Crippen LogP contribution in [0, 0.1) is 0 Å². The summed E-state index contributed by atoms with van der Waals surface area (Å²) in [4.78, 5) is 35.8. The molecule has 0 unspecified atom stereocenters. The smallest absolute Gasteiger partial charge is 0.275 e. The topological polar surface area (TPSA) is 92.6 Å². The van der Waals surface area contributed by atoms with Gasteiger partial charge in [0.2, 0.25) is 5.78 Å². The maximum atomic E-state index is 13.6. The number of halogens is 1. The molecule has 1 fully saturated rings. The number of nitrogens with zero attached hydrogens (tertiary/aromatic N) is 4. The van der Waals surface area contributed by atoms with Gasteiger partial charge in [-0.05, 0) is 37.0 Å². The largest absolute Gasteiger partial charge is 0.359 e. The molecule has 1 aliphatic rings. The number of carbonyl (C=O) groups is 1. The van der Waals surface area contributed by atoms with Crippen molar-refractivity contribution in [1.29, 1.82) is 0 Å². The third-order valence-electron chi connectivity index (χ3n) is 6.94. The van der Waals surface area contributed by atoms with Gasteiger partial charge in [0, 0.05) is 35.9 Å². The maximum absolute atomic E-state index is 13.6. The van der Waals surface area contributed by atoms with Crippen LogP contribution in [0.1, 0.15) is 43.4 Å². The van der Waals surface area contributed by atoms with E-state index in [2.05, 4.69) is 15.1 Å². The van der Waals surface area contributed by atoms with Crippen molar-refractivity contribution in [3.8, 4) is 11.4 Å². The normalized spacial score (nSPS) is 15.1. The Morgan fingerprint density at radius 2 is 1.89 bits per heavy atom. The van der Waals surface area contributed by atoms with Crippen LogP contribution in [0.25, 0.3) is 17.2 Å². The van der Waals surface area contributed by atoms with Crippen LogP contribution in [-0.2, 0) is 22.6 Å². The van der Waals surface area contributed by atoms with Crippen molar-refractivity contribution in [2.24, 2.45) is 0 Å². The van der Waals surface area contributed by atoms with Crippen LogP contribution < -0.4 is 5.56 Å². The molecule has 1 N–H and O–H groups in total. The Balaban J connectivity index is 1.32. The Morgan fingerprint density at radius 1 is 1.11 bits per heavy atom. The summed E-state index contributed by atoms with van der Waals surface area (Å²) in [7, 11) is 1.82. The summed E-state index contributed by atoms with van der Waals surface area (Å²) in [5.74, 6) is 0.784. The molecule has 0 spiro atoms. The number of likely N-dealkylation sites (N-methyl/N-ethyl adjacent to an activating group) is 1. The highest BCUT2D eigenvalue weighted by Gasteiger charge is 2.42. The first kappa shape index (κ1) is 25.2. The van der Waals surface area contributed by atoms with Crippen LogP contribution in [0.5, 0.6) is 0 Å². The van der Waals surface area contributed by atoms with Crippen molar-refractivity contribution in [2.75, 3.05) is 13.6 Å². The fourth-order valence-corrected chi connectivity index (χ4v) is 5.13. The van der Waals surface area contributed by atoms with Gasteiger partial charge in [-0.25, -0.2) is 0 Å². The Morgan fingerprint density at radius 3 is 2.65 bits per heavy atom. The van der Waals surface area contributed by atoms with Gasteiger partial charge in [0.15, 0.2) is 5.82 Å². The molecule has 0 radical (unpaired) electrons. The number of aromatic nitrogens is 4. The lowest BCUT2D eigenvalue weighted by molar-refractivity contribution is -0.164. The number of benzene rings is 2. The molecule has 2 aromatic heterocycles. The highest BCUT2D eigenvalue weighted by Crippen LogP contribution is 2.34. The van der Waals surface area contributed by atoms with Crippen LogP contribution >= 0.6 is 11.6 Å². The summed E-state index contributed by atoms with van der Waals surface area (Å²) in [5.41, 5.74) is 1.26. The highest BCUT2D eigenvalue weighted by molar-refractivity contribution is 6.30. The Bertz CT molecular complexity index is 1440. The first-order valence-corrected chi connectivity index (χ1v) is 13.0. The van der Waals surface area contributed by atoms with E-state index in [0.29, 0.717) is 48.1 Å². The van der Waals surface area contributed by atoms with Gasteiger partial charge >= 0.3 is 0 Å². The second-order valence-corrected chi connectivity index (χ2v) is 10.1. The minimum absolute atomic E-state index is 0.0218. The number of carbonyl (C=O) groups excluding carboxylic acids is 1. The average molecular weight is 520 g/mol. The number of fused-ring (bicyclic) bond motifs is 1. The quantitative estimate of drug-likeness (QED) is 0.365. The van der Waals surface area contributed by atoms with Crippen LogP contribution in [0.3, 0.4) is 0 Å². The van der Waals surface area contributed by atoms with Gasteiger partial charge in [-0.2, -0.15) is 9.50 Å². The average Bonchev–Trinajstić information content (AvgIpc) is 3.36. The third kappa shape index (κ3) is 5.60. The van der Waals surface area contributed by atoms with Gasteiger partial charge in [-0.15, -0.1) is 5.10 Å². The molecule has 8 nitrogen and oxygen atoms in total. The van der Waals surface area contributed by atoms with E-state index < -0.39 is 5.60 Å². The molecule has 0 atom stereocenters. The van der Waals surface area contributed by atoms with Gasteiger partial charge in [0.05, 0.1) is 6.61 Å². The van der Waals surface area contributed by atoms with Crippen LogP contribution in [0.15, 0.2) is 65.5 Å². The Kier molecular flexibility index (Phi) is 7.39. The zero-order valence-corrected chi connectivity index (χ0v) is 21.6. The minimum atomic E-state index is -0.910. The van der Waals surface area contributed by atoms with E-state index in [-0.39, 0.29) is 18.1 Å². The molecule has 0 saturated heterocycles. The number of ether oxygens (including phenoxy) is 1. The van der Waals surface area contributed by atoms with Gasteiger partial charge in [-0.3, -0.25) is 9.59 Å². The van der Waals surface area contributed by atoms with Crippen molar-refractivity contribution in [3.63, 3.8) is 0 Å². The number of H-pyrrole nitrogens is 1. The second kappa shape index (κ2) is 10.9. The molecule has 0 aliphatic heterocycles. The molecule has 1 aliphatic carbocycles. The zero-order valence-electron chi connectivity index (χ0n) is 20.8. The first-order valence-electron chi connectivity index (χ1n) is 12.6. The van der Waals surface area contributed by atoms with E-state index in [1.807, 2.05) is 61.6 Å². The van der Waals surface area contributed by atoms with E-state index in [1.54, 1.807) is 4.90 Å². The van der Waals surface area contributed by atoms with E-state index in [0.717, 1.165) is 30.4 Å². The number of nitrogens with one attached hydrogen (secondary N) is 1. The van der Waals surface area contributed by atoms with E-state index in [4.69, 9.17) is 16.3 Å². The molecule has 2 heterocycles. The van der Waals surface area contributed by atoms with Crippen LogP contribution in [0.2, 0.25) is 5.02 Å². The molecule has 1 amide bonds. The zero-order chi connectivity index (χ0) is 25.8. The molecule has 37 heavy (non-hydrogen) atoms. The van der Waals surface area contributed by atoms with Gasteiger partial charge in [0.1, 0.15) is 5.60 Å². The standard InChI is InChI=1S/C28H30ClN5O3/c1-33(16-13-20-9-8-12-22(29)17-20)26(36)28(14-6-3-7-15-28)37-19-23-18-24(35)34-27(30-23)31-25(32-34)21-10-4-2-5-11-21/h2,4-5,8-12,17-18H,3,6-7,13-16,19H2,1H3,(H,30,31,32). The summed E-state index contributed by atoms with van der Waals surface area (Å²) in [6.45, 7) is 0.669. The lowest BCUT2D eigenvalue weighted by Crippen LogP contribution is -2.51. The fraction of sp³-hybridized carbons (Fsp3) is 0.357. The van der Waals surface area contributed by atoms with Crippen LogP contribution in [0.4, 0.5) is 0 Å². The Labute approximate surface area is 220 Å². The molecule has 2 aromatic carbocycles. The van der Waals surface area contributed by atoms with Crippen molar-refractivity contribution in [2.45, 2.75) is 50.7 Å². The van der Waals surface area contributed by atoms with Crippen molar-refractivity contribution >= 4 is 23.3 Å². The summed E-state index contributed by atoms with van der Waals surface area (Å²) in [6, 6.07) is 18.6. The first-order chi connectivity index (χ1) is 17.9. The van der Waals surface area contributed by atoms with E-state index >= 15 is 0 Å². The number of hydrogen-bond acceptors (Lipinski definition) is 5. The molecule has 9 heteroatoms. The predicted octanol–water partition coefficient (Wildman–Crippen LogP) is 4.66. The number of hydrogen-bond donors (Lipinski definition) is 1. The number of rotatable bonds is 8. The summed E-state index contributed by atoms with van der Waals surface area (Å²) in [6.07, 6.45) is 4.95. The van der Waals surface area contributed by atoms with Gasteiger partial charge in [-0.1, -0.05) is 73.3 Å². The molecule has 1 saturated carbocycles. The number of aromatic amines is 1. The summed E-state index contributed by atoms with van der Waals surface area (Å²) >= 11 is 6.11. The van der Waals surface area contributed by atoms with Crippen molar-refractivity contribution in [3.05, 3.63) is 87.3 Å². The molecular weight excluding hydrogens is 490 g/mol. The second-order valence-electron chi connectivity index (χ2n) is 9.62. The maximum Gasteiger partial charge on any atom is 0.275 e. The molecule has 4 aromatic rings. The monoisotopic (exact) mass is 519 g/mol. The molecule has 192 valence electrons. The van der Waals surface area contributed by atoms with Crippen molar-refractivity contribution in [1.82, 2.24) is 24.5 Å². The Hall–Kier alpha value is -3.49. The lowest BCUT2D eigenvalue weighted by Gasteiger charge is -2.38. The van der Waals surface area contributed by atoms with Crippen LogP contribution in [-0.4, -0.2) is 49.6 Å².